The van der Waals surface area contributed by atoms with Crippen LogP contribution in [0.25, 0.3) is 22.3 Å². The molecule has 5 rings (SSSR count). The van der Waals surface area contributed by atoms with Gasteiger partial charge in [-0.25, -0.2) is 9.78 Å². The van der Waals surface area contributed by atoms with E-state index >= 15 is 0 Å². The van der Waals surface area contributed by atoms with Gasteiger partial charge in [-0.3, -0.25) is 9.69 Å². The normalized spacial score (nSPS) is 14.4. The number of amides is 1. The highest BCUT2D eigenvalue weighted by Crippen LogP contribution is 2.38. The van der Waals surface area contributed by atoms with E-state index in [-0.39, 0.29) is 29.8 Å². The molecule has 1 fully saturated rings. The van der Waals surface area contributed by atoms with Gasteiger partial charge in [0, 0.05) is 67.6 Å². The fraction of sp³-hybridized carbons (Fsp3) is 0.406. The van der Waals surface area contributed by atoms with Crippen molar-refractivity contribution in [2.75, 3.05) is 39.5 Å². The van der Waals surface area contributed by atoms with E-state index in [1.807, 2.05) is 6.07 Å². The minimum atomic E-state index is -4.70. The number of nitrogens with zero attached hydrogens (tertiary/aromatic N) is 2. The van der Waals surface area contributed by atoms with E-state index in [4.69, 9.17) is 14.2 Å². The molecular formula is C32H36F3N5O5. The predicted molar refractivity (Wildman–Crippen MR) is 162 cm³/mol. The van der Waals surface area contributed by atoms with Crippen LogP contribution >= 0.6 is 0 Å². The maximum atomic E-state index is 14.2. The number of ether oxygens (including phenoxy) is 3. The van der Waals surface area contributed by atoms with Crippen molar-refractivity contribution in [2.45, 2.75) is 45.5 Å². The van der Waals surface area contributed by atoms with E-state index in [1.165, 1.54) is 24.4 Å². The summed E-state index contributed by atoms with van der Waals surface area (Å²) >= 11 is 0. The second-order valence-electron chi connectivity index (χ2n) is 11.8. The van der Waals surface area contributed by atoms with Crippen molar-refractivity contribution in [3.8, 4) is 17.0 Å². The lowest BCUT2D eigenvalue weighted by Crippen LogP contribution is -2.38. The molecule has 0 saturated carbocycles. The Morgan fingerprint density at radius 2 is 1.89 bits per heavy atom. The molecule has 1 saturated heterocycles. The molecule has 1 amide bonds. The summed E-state index contributed by atoms with van der Waals surface area (Å²) in [5.41, 5.74) is -0.456. The first-order valence-electron chi connectivity index (χ1n) is 14.6. The number of rotatable bonds is 9. The number of nitrogens with one attached hydrogen (secondary N) is 3. The number of pyridine rings is 2. The topological polar surface area (TPSA) is 122 Å². The summed E-state index contributed by atoms with van der Waals surface area (Å²) in [6.07, 6.45) is -0.747. The Bertz CT molecular complexity index is 1700. The first kappa shape index (κ1) is 32.0. The maximum Gasteiger partial charge on any atom is 0.417 e. The summed E-state index contributed by atoms with van der Waals surface area (Å²) in [5.74, 6) is 0.545. The van der Waals surface area contributed by atoms with Gasteiger partial charge in [0.25, 0.3) is 0 Å². The van der Waals surface area contributed by atoms with Crippen LogP contribution in [0.2, 0.25) is 0 Å². The van der Waals surface area contributed by atoms with Crippen LogP contribution in [-0.4, -0.2) is 71.0 Å². The molecule has 1 aliphatic heterocycles. The zero-order valence-corrected chi connectivity index (χ0v) is 25.3. The molecule has 4 aromatic rings. The van der Waals surface area contributed by atoms with Crippen molar-refractivity contribution in [1.29, 1.82) is 0 Å². The molecule has 3 N–H and O–H groups in total. The fourth-order valence-corrected chi connectivity index (χ4v) is 5.14. The number of alkyl halides is 3. The SMILES string of the molecule is CC(C)(C)OC(=O)NCc1ccc(C(F)(F)F)c(-c2[nH]ccc(=O)c2Cc2c[nH]c3ncc(OCCN4CCOCC4)cc23)c1. The Balaban J connectivity index is 1.43. The molecule has 0 bridgehead atoms. The third-order valence-corrected chi connectivity index (χ3v) is 7.29. The fourth-order valence-electron chi connectivity index (χ4n) is 5.14. The largest absolute Gasteiger partial charge is 0.491 e. The van der Waals surface area contributed by atoms with Gasteiger partial charge in [-0.15, -0.1) is 0 Å². The third-order valence-electron chi connectivity index (χ3n) is 7.29. The number of H-pyrrole nitrogens is 2. The van der Waals surface area contributed by atoms with E-state index in [0.29, 0.717) is 47.7 Å². The standard InChI is InChI=1S/C32H36F3N5O5/c1-31(2,3)45-30(42)39-17-20-4-5-26(32(33,34)35)24(14-20)28-25(27(41)6-7-36-28)15-21-18-37-29-23(21)16-22(19-38-29)44-13-10-40-8-11-43-12-9-40/h4-7,14,16,18-19H,8-13,15,17H2,1-3H3,(H,36,41)(H,37,38)(H,39,42). The molecule has 13 heteroatoms. The van der Waals surface area contributed by atoms with E-state index in [9.17, 15) is 22.8 Å². The number of halogens is 3. The lowest BCUT2D eigenvalue weighted by Gasteiger charge is -2.26. The van der Waals surface area contributed by atoms with Crippen molar-refractivity contribution in [2.24, 2.45) is 0 Å². The average Bonchev–Trinajstić information content (AvgIpc) is 3.38. The van der Waals surface area contributed by atoms with E-state index in [1.54, 1.807) is 33.2 Å². The molecule has 4 heterocycles. The zero-order valence-electron chi connectivity index (χ0n) is 25.3. The van der Waals surface area contributed by atoms with Gasteiger partial charge >= 0.3 is 12.3 Å². The second-order valence-corrected chi connectivity index (χ2v) is 11.8. The predicted octanol–water partition coefficient (Wildman–Crippen LogP) is 5.26. The molecule has 0 atom stereocenters. The van der Waals surface area contributed by atoms with Crippen molar-refractivity contribution in [1.82, 2.24) is 25.2 Å². The first-order valence-corrected chi connectivity index (χ1v) is 14.6. The molecule has 45 heavy (non-hydrogen) atoms. The Hall–Kier alpha value is -4.36. The monoisotopic (exact) mass is 627 g/mol. The van der Waals surface area contributed by atoms with Crippen LogP contribution in [0.15, 0.2) is 53.7 Å². The van der Waals surface area contributed by atoms with E-state index in [0.717, 1.165) is 25.7 Å². The van der Waals surface area contributed by atoms with Crippen LogP contribution in [0.5, 0.6) is 5.75 Å². The van der Waals surface area contributed by atoms with E-state index in [2.05, 4.69) is 25.2 Å². The van der Waals surface area contributed by atoms with Gasteiger partial charge in [-0.05, 0) is 50.1 Å². The molecule has 0 aliphatic carbocycles. The first-order chi connectivity index (χ1) is 21.4. The number of hydrogen-bond donors (Lipinski definition) is 3. The highest BCUT2D eigenvalue weighted by molar-refractivity contribution is 5.82. The molecule has 0 unspecified atom stereocenters. The van der Waals surface area contributed by atoms with Crippen molar-refractivity contribution in [3.05, 3.63) is 81.4 Å². The zero-order chi connectivity index (χ0) is 32.2. The Labute approximate surface area is 257 Å². The molecule has 0 radical (unpaired) electrons. The third kappa shape index (κ3) is 8.22. The lowest BCUT2D eigenvalue weighted by atomic mass is 9.94. The van der Waals surface area contributed by atoms with Gasteiger partial charge in [0.1, 0.15) is 23.6 Å². The number of aromatic nitrogens is 3. The van der Waals surface area contributed by atoms with Crippen LogP contribution in [-0.2, 0) is 28.6 Å². The van der Waals surface area contributed by atoms with Gasteiger partial charge in [0.2, 0.25) is 0 Å². The van der Waals surface area contributed by atoms with Gasteiger partial charge in [0.05, 0.1) is 30.7 Å². The molecule has 1 aromatic carbocycles. The summed E-state index contributed by atoms with van der Waals surface area (Å²) in [4.78, 5) is 38.0. The highest BCUT2D eigenvalue weighted by atomic mass is 19.4. The maximum absolute atomic E-state index is 14.2. The molecular weight excluding hydrogens is 591 g/mol. The number of carbonyl (C=O) groups excluding carboxylic acids is 1. The molecule has 0 spiro atoms. The minimum Gasteiger partial charge on any atom is -0.491 e. The Morgan fingerprint density at radius 1 is 1.11 bits per heavy atom. The quantitative estimate of drug-likeness (QED) is 0.231. The second kappa shape index (κ2) is 13.3. The van der Waals surface area contributed by atoms with Crippen LogP contribution in [0.3, 0.4) is 0 Å². The van der Waals surface area contributed by atoms with Crippen LogP contribution in [0.1, 0.15) is 43.0 Å². The molecule has 1 aliphatic rings. The molecule has 240 valence electrons. The summed E-state index contributed by atoms with van der Waals surface area (Å²) < 4.78 is 59.3. The summed E-state index contributed by atoms with van der Waals surface area (Å²) in [6, 6.07) is 6.66. The molecule has 10 nitrogen and oxygen atoms in total. The Kier molecular flexibility index (Phi) is 9.49. The minimum absolute atomic E-state index is 0.0299. The highest BCUT2D eigenvalue weighted by Gasteiger charge is 2.35. The van der Waals surface area contributed by atoms with Gasteiger partial charge in [-0.1, -0.05) is 6.07 Å². The summed E-state index contributed by atoms with van der Waals surface area (Å²) in [5, 5.41) is 3.26. The number of aromatic amines is 2. The summed E-state index contributed by atoms with van der Waals surface area (Å²) in [7, 11) is 0. The van der Waals surface area contributed by atoms with Gasteiger partial charge in [-0.2, -0.15) is 13.2 Å². The number of alkyl carbamates (subject to hydrolysis) is 1. The van der Waals surface area contributed by atoms with Crippen LogP contribution in [0.4, 0.5) is 18.0 Å². The van der Waals surface area contributed by atoms with E-state index < -0.39 is 28.9 Å². The number of carbonyl (C=O) groups is 1. The van der Waals surface area contributed by atoms with Gasteiger partial charge < -0.3 is 29.5 Å². The van der Waals surface area contributed by atoms with Crippen molar-refractivity contribution < 1.29 is 32.2 Å². The average molecular weight is 628 g/mol. The van der Waals surface area contributed by atoms with Crippen LogP contribution < -0.4 is 15.5 Å². The number of hydrogen-bond acceptors (Lipinski definition) is 7. The Morgan fingerprint density at radius 3 is 2.62 bits per heavy atom. The summed E-state index contributed by atoms with van der Waals surface area (Å²) in [6.45, 7) is 9.31. The van der Waals surface area contributed by atoms with Crippen LogP contribution in [0, 0.1) is 0 Å². The smallest absolute Gasteiger partial charge is 0.417 e. The number of benzene rings is 1. The number of morpholine rings is 1. The molecule has 3 aromatic heterocycles. The van der Waals surface area contributed by atoms with Gasteiger partial charge in [0.15, 0.2) is 5.43 Å². The van der Waals surface area contributed by atoms with Crippen molar-refractivity contribution >= 4 is 17.1 Å². The van der Waals surface area contributed by atoms with Crippen molar-refractivity contribution in [3.63, 3.8) is 0 Å². The number of fused-ring (bicyclic) bond motifs is 1. The lowest BCUT2D eigenvalue weighted by molar-refractivity contribution is -0.137.